The minimum Gasteiger partial charge on any atom is -0.286 e. The van der Waals surface area contributed by atoms with E-state index in [1.165, 1.54) is 18.6 Å². The minimum atomic E-state index is -0.374. The molecule has 1 heterocycles. The lowest BCUT2D eigenvalue weighted by Crippen LogP contribution is -2.37. The number of hydrazine groups is 1. The van der Waals surface area contributed by atoms with Gasteiger partial charge in [0.05, 0.1) is 21.9 Å². The third-order valence-electron chi connectivity index (χ3n) is 2.81. The van der Waals surface area contributed by atoms with Gasteiger partial charge < -0.3 is 0 Å². The Balaban J connectivity index is 1.86. The van der Waals surface area contributed by atoms with Gasteiger partial charge in [-0.15, -0.1) is 11.8 Å². The number of aliphatic imine (C=N–C) groups is 1. The van der Waals surface area contributed by atoms with Gasteiger partial charge in [0.2, 0.25) is 0 Å². The maximum Gasteiger partial charge on any atom is 0.276 e. The number of thioether (sulfide) groups is 1. The highest BCUT2D eigenvalue weighted by Gasteiger charge is 2.06. The number of halogens is 2. The van der Waals surface area contributed by atoms with Gasteiger partial charge >= 0.3 is 0 Å². The molecule has 1 aromatic carbocycles. The summed E-state index contributed by atoms with van der Waals surface area (Å²) in [6.07, 6.45) is 6.18. The zero-order chi connectivity index (χ0) is 16.7. The second-order valence-electron chi connectivity index (χ2n) is 4.38. The first-order valence-electron chi connectivity index (χ1n) is 6.59. The first-order valence-corrected chi connectivity index (χ1v) is 8.57. The molecule has 0 bridgehead atoms. The van der Waals surface area contributed by atoms with E-state index in [1.807, 2.05) is 30.5 Å². The van der Waals surface area contributed by atoms with Gasteiger partial charge in [0, 0.05) is 29.4 Å². The monoisotopic (exact) mass is 368 g/mol. The Kier molecular flexibility index (Phi) is 6.85. The van der Waals surface area contributed by atoms with E-state index in [0.717, 1.165) is 4.90 Å². The summed E-state index contributed by atoms with van der Waals surface area (Å²) in [5, 5.41) is 0.864. The normalized spacial score (nSPS) is 10.9. The highest BCUT2D eigenvalue weighted by atomic mass is 35.5. The average molecular weight is 369 g/mol. The first kappa shape index (κ1) is 17.7. The molecule has 5 nitrogen and oxygen atoms in total. The van der Waals surface area contributed by atoms with Gasteiger partial charge in [-0.05, 0) is 24.5 Å². The van der Waals surface area contributed by atoms with Crippen LogP contribution in [-0.2, 0) is 11.3 Å². The van der Waals surface area contributed by atoms with Crippen LogP contribution in [0.5, 0.6) is 0 Å². The molecule has 0 aliphatic heterocycles. The van der Waals surface area contributed by atoms with E-state index in [2.05, 4.69) is 20.8 Å². The average Bonchev–Trinajstić information content (AvgIpc) is 2.56. The predicted molar refractivity (Wildman–Crippen MR) is 95.6 cm³/mol. The van der Waals surface area contributed by atoms with E-state index in [9.17, 15) is 4.79 Å². The van der Waals surface area contributed by atoms with E-state index in [0.29, 0.717) is 21.3 Å². The molecule has 1 aromatic heterocycles. The zero-order valence-corrected chi connectivity index (χ0v) is 14.5. The van der Waals surface area contributed by atoms with Crippen molar-refractivity contribution < 1.29 is 4.79 Å². The number of aromatic nitrogens is 1. The van der Waals surface area contributed by atoms with Gasteiger partial charge in [-0.2, -0.15) is 0 Å². The maximum absolute atomic E-state index is 11.7. The molecule has 0 spiro atoms. The SMILES string of the molecule is CSc1cccc(N=CC(=O)NNCc2c(Cl)cncc2Cl)c1. The van der Waals surface area contributed by atoms with Crippen LogP contribution >= 0.6 is 35.0 Å². The second kappa shape index (κ2) is 8.88. The van der Waals surface area contributed by atoms with Gasteiger partial charge in [0.1, 0.15) is 0 Å². The predicted octanol–water partition coefficient (Wildman–Crippen LogP) is 3.63. The van der Waals surface area contributed by atoms with E-state index in [-0.39, 0.29) is 12.5 Å². The quantitative estimate of drug-likeness (QED) is 0.464. The Morgan fingerprint density at radius 3 is 2.78 bits per heavy atom. The Bertz CT molecular complexity index is 704. The molecule has 2 rings (SSSR count). The number of nitrogens with one attached hydrogen (secondary N) is 2. The summed E-state index contributed by atoms with van der Waals surface area (Å²) in [6, 6.07) is 7.60. The van der Waals surface area contributed by atoms with Crippen molar-refractivity contribution in [2.45, 2.75) is 11.4 Å². The number of carbonyl (C=O) groups excluding carboxylic acids is 1. The van der Waals surface area contributed by atoms with Gasteiger partial charge in [-0.1, -0.05) is 29.3 Å². The van der Waals surface area contributed by atoms with Gasteiger partial charge in [-0.25, -0.2) is 5.43 Å². The lowest BCUT2D eigenvalue weighted by Gasteiger charge is -2.08. The van der Waals surface area contributed by atoms with Gasteiger partial charge in [0.15, 0.2) is 0 Å². The third-order valence-corrected chi connectivity index (χ3v) is 4.19. The fraction of sp³-hybridized carbons (Fsp3) is 0.133. The van der Waals surface area contributed by atoms with Crippen LogP contribution in [0.25, 0.3) is 0 Å². The number of amides is 1. The van der Waals surface area contributed by atoms with E-state index in [4.69, 9.17) is 23.2 Å². The molecule has 2 N–H and O–H groups in total. The number of hydrogen-bond acceptors (Lipinski definition) is 5. The number of pyridine rings is 1. The lowest BCUT2D eigenvalue weighted by molar-refractivity contribution is -0.115. The van der Waals surface area contributed by atoms with Crippen LogP contribution in [0.2, 0.25) is 10.0 Å². The topological polar surface area (TPSA) is 66.4 Å². The summed E-state index contributed by atoms with van der Waals surface area (Å²) < 4.78 is 0. The molecule has 0 unspecified atom stereocenters. The summed E-state index contributed by atoms with van der Waals surface area (Å²) in [4.78, 5) is 20.8. The smallest absolute Gasteiger partial charge is 0.276 e. The van der Waals surface area contributed by atoms with Crippen molar-refractivity contribution >= 4 is 52.8 Å². The summed E-state index contributed by atoms with van der Waals surface area (Å²) in [5.41, 5.74) is 6.63. The van der Waals surface area contributed by atoms with Crippen LogP contribution in [0.4, 0.5) is 5.69 Å². The Labute approximate surface area is 148 Å². The second-order valence-corrected chi connectivity index (χ2v) is 6.08. The summed E-state index contributed by atoms with van der Waals surface area (Å²) in [6.45, 7) is 0.279. The van der Waals surface area contributed by atoms with Crippen LogP contribution in [0.15, 0.2) is 46.5 Å². The zero-order valence-electron chi connectivity index (χ0n) is 12.2. The number of nitrogens with zero attached hydrogens (tertiary/aromatic N) is 2. The molecule has 0 aliphatic rings. The van der Waals surface area contributed by atoms with Gasteiger partial charge in [0.25, 0.3) is 5.91 Å². The summed E-state index contributed by atoms with van der Waals surface area (Å²) >= 11 is 13.6. The molecule has 1 amide bonds. The summed E-state index contributed by atoms with van der Waals surface area (Å²) in [5.74, 6) is -0.374. The van der Waals surface area contributed by atoms with Crippen molar-refractivity contribution in [3.63, 3.8) is 0 Å². The molecule has 0 radical (unpaired) electrons. The fourth-order valence-corrected chi connectivity index (χ4v) is 2.63. The largest absolute Gasteiger partial charge is 0.286 e. The van der Waals surface area contributed by atoms with Crippen LogP contribution in [0.3, 0.4) is 0 Å². The van der Waals surface area contributed by atoms with Gasteiger partial charge in [-0.3, -0.25) is 20.2 Å². The number of rotatable bonds is 6. The molecular formula is C15H14Cl2N4OS. The molecule has 0 fully saturated rings. The van der Waals surface area contributed by atoms with E-state index < -0.39 is 0 Å². The molecule has 23 heavy (non-hydrogen) atoms. The summed E-state index contributed by atoms with van der Waals surface area (Å²) in [7, 11) is 0. The lowest BCUT2D eigenvalue weighted by atomic mass is 10.3. The fourth-order valence-electron chi connectivity index (χ4n) is 1.68. The van der Waals surface area contributed by atoms with Crippen molar-refractivity contribution in [3.8, 4) is 0 Å². The number of carbonyl (C=O) groups is 1. The maximum atomic E-state index is 11.7. The Morgan fingerprint density at radius 2 is 2.09 bits per heavy atom. The van der Waals surface area contributed by atoms with Crippen LogP contribution < -0.4 is 10.9 Å². The molecule has 0 atom stereocenters. The first-order chi connectivity index (χ1) is 11.1. The number of benzene rings is 1. The molecule has 8 heteroatoms. The molecule has 0 saturated carbocycles. The number of hydrogen-bond donors (Lipinski definition) is 2. The van der Waals surface area contributed by atoms with Crippen molar-refractivity contribution in [1.82, 2.24) is 15.8 Å². The highest BCUT2D eigenvalue weighted by Crippen LogP contribution is 2.22. The van der Waals surface area contributed by atoms with Crippen molar-refractivity contribution in [2.75, 3.05) is 6.26 Å². The molecule has 0 saturated heterocycles. The van der Waals surface area contributed by atoms with Crippen LogP contribution in [0, 0.1) is 0 Å². The van der Waals surface area contributed by atoms with Crippen molar-refractivity contribution in [1.29, 1.82) is 0 Å². The van der Waals surface area contributed by atoms with Crippen LogP contribution in [0.1, 0.15) is 5.56 Å². The van der Waals surface area contributed by atoms with Crippen molar-refractivity contribution in [2.24, 2.45) is 4.99 Å². The van der Waals surface area contributed by atoms with E-state index >= 15 is 0 Å². The molecule has 2 aromatic rings. The third kappa shape index (κ3) is 5.51. The Hall–Kier alpha value is -1.60. The van der Waals surface area contributed by atoms with Crippen LogP contribution in [-0.4, -0.2) is 23.4 Å². The standard InChI is InChI=1S/C15H14Cl2N4OS/c1-23-11-4-2-3-10(5-11)19-9-15(22)21-20-6-12-13(16)7-18-8-14(12)17/h2-5,7-9,20H,6H2,1H3,(H,21,22). The van der Waals surface area contributed by atoms with E-state index in [1.54, 1.807) is 11.8 Å². The molecule has 120 valence electrons. The van der Waals surface area contributed by atoms with Crippen molar-refractivity contribution in [3.05, 3.63) is 52.3 Å². The molecule has 0 aliphatic carbocycles. The minimum absolute atomic E-state index is 0.279. The molecular weight excluding hydrogens is 355 g/mol. The Morgan fingerprint density at radius 1 is 1.35 bits per heavy atom. The highest BCUT2D eigenvalue weighted by molar-refractivity contribution is 7.98.